The van der Waals surface area contributed by atoms with Crippen molar-refractivity contribution in [2.45, 2.75) is 51.7 Å². The molecule has 0 bridgehead atoms. The lowest BCUT2D eigenvalue weighted by atomic mass is 10.1. The first-order valence-electron chi connectivity index (χ1n) is 6.93. The minimum Gasteiger partial charge on any atom is -0.314 e. The summed E-state index contributed by atoms with van der Waals surface area (Å²) in [6, 6.07) is 2.35. The van der Waals surface area contributed by atoms with Gasteiger partial charge in [0.1, 0.15) is 0 Å². The summed E-state index contributed by atoms with van der Waals surface area (Å²) in [5, 5.41) is 3.40. The Morgan fingerprint density at radius 2 is 2.06 bits per heavy atom. The van der Waals surface area contributed by atoms with Gasteiger partial charge in [-0.15, -0.1) is 0 Å². The van der Waals surface area contributed by atoms with Crippen LogP contribution in [0.25, 0.3) is 0 Å². The van der Waals surface area contributed by atoms with Crippen LogP contribution in [0.15, 0.2) is 0 Å². The van der Waals surface area contributed by atoms with Crippen LogP contribution in [0.2, 0.25) is 0 Å². The second-order valence-corrected chi connectivity index (χ2v) is 5.58. The lowest BCUT2D eigenvalue weighted by Gasteiger charge is -2.42. The fourth-order valence-electron chi connectivity index (χ4n) is 2.94. The molecule has 0 aromatic rings. The van der Waals surface area contributed by atoms with E-state index in [1.54, 1.807) is 0 Å². The van der Waals surface area contributed by atoms with Gasteiger partial charge in [-0.3, -0.25) is 9.80 Å². The Morgan fingerprint density at radius 1 is 1.31 bits per heavy atom. The van der Waals surface area contributed by atoms with E-state index in [1.807, 2.05) is 0 Å². The van der Waals surface area contributed by atoms with Gasteiger partial charge in [-0.05, 0) is 33.2 Å². The van der Waals surface area contributed by atoms with Crippen molar-refractivity contribution in [1.82, 2.24) is 15.1 Å². The number of rotatable bonds is 5. The van der Waals surface area contributed by atoms with Gasteiger partial charge in [0.25, 0.3) is 0 Å². The van der Waals surface area contributed by atoms with Gasteiger partial charge in [-0.25, -0.2) is 0 Å². The zero-order valence-corrected chi connectivity index (χ0v) is 11.1. The first kappa shape index (κ1) is 12.3. The van der Waals surface area contributed by atoms with Gasteiger partial charge in [0.2, 0.25) is 0 Å². The van der Waals surface area contributed by atoms with Crippen LogP contribution in [0.5, 0.6) is 0 Å². The molecule has 0 aromatic heterocycles. The van der Waals surface area contributed by atoms with Gasteiger partial charge in [0.15, 0.2) is 0 Å². The molecule has 2 rings (SSSR count). The molecular formula is C13H27N3. The SMILES string of the molecule is CCCN(C1CNC1)C1CCN(C(C)C)C1. The van der Waals surface area contributed by atoms with E-state index >= 15 is 0 Å². The van der Waals surface area contributed by atoms with E-state index in [0.717, 1.165) is 12.1 Å². The molecule has 2 aliphatic rings. The Balaban J connectivity index is 1.88. The molecular weight excluding hydrogens is 198 g/mol. The van der Waals surface area contributed by atoms with Crippen LogP contribution < -0.4 is 5.32 Å². The molecule has 1 unspecified atom stereocenters. The first-order chi connectivity index (χ1) is 7.72. The van der Waals surface area contributed by atoms with Crippen LogP contribution in [0.1, 0.15) is 33.6 Å². The molecule has 1 atom stereocenters. The van der Waals surface area contributed by atoms with Crippen molar-refractivity contribution in [2.75, 3.05) is 32.7 Å². The Morgan fingerprint density at radius 3 is 2.50 bits per heavy atom. The van der Waals surface area contributed by atoms with E-state index < -0.39 is 0 Å². The number of hydrogen-bond donors (Lipinski definition) is 1. The van der Waals surface area contributed by atoms with E-state index in [-0.39, 0.29) is 0 Å². The van der Waals surface area contributed by atoms with Gasteiger partial charge in [-0.2, -0.15) is 0 Å². The van der Waals surface area contributed by atoms with Crippen molar-refractivity contribution in [3.05, 3.63) is 0 Å². The summed E-state index contributed by atoms with van der Waals surface area (Å²) in [7, 11) is 0. The Kier molecular flexibility index (Phi) is 4.22. The lowest BCUT2D eigenvalue weighted by molar-refractivity contribution is 0.0943. The zero-order chi connectivity index (χ0) is 11.5. The highest BCUT2D eigenvalue weighted by Crippen LogP contribution is 2.21. The molecule has 2 heterocycles. The molecule has 3 heteroatoms. The fourth-order valence-corrected chi connectivity index (χ4v) is 2.94. The molecule has 2 aliphatic heterocycles. The van der Waals surface area contributed by atoms with Crippen LogP contribution in [0.4, 0.5) is 0 Å². The van der Waals surface area contributed by atoms with Gasteiger partial charge >= 0.3 is 0 Å². The Labute approximate surface area is 100 Å². The molecule has 2 fully saturated rings. The van der Waals surface area contributed by atoms with Crippen LogP contribution in [-0.2, 0) is 0 Å². The van der Waals surface area contributed by atoms with Crippen LogP contribution in [0, 0.1) is 0 Å². The van der Waals surface area contributed by atoms with Gasteiger partial charge in [-0.1, -0.05) is 6.92 Å². The maximum absolute atomic E-state index is 3.40. The third-order valence-corrected chi connectivity index (χ3v) is 4.10. The number of hydrogen-bond acceptors (Lipinski definition) is 3. The molecule has 3 nitrogen and oxygen atoms in total. The molecule has 0 radical (unpaired) electrons. The summed E-state index contributed by atoms with van der Waals surface area (Å²) in [6.45, 7) is 13.2. The summed E-state index contributed by atoms with van der Waals surface area (Å²) in [5.74, 6) is 0. The van der Waals surface area contributed by atoms with E-state index in [4.69, 9.17) is 0 Å². The van der Waals surface area contributed by atoms with E-state index in [9.17, 15) is 0 Å². The predicted octanol–water partition coefficient (Wildman–Crippen LogP) is 1.15. The quantitative estimate of drug-likeness (QED) is 0.757. The second-order valence-electron chi connectivity index (χ2n) is 5.58. The monoisotopic (exact) mass is 225 g/mol. The fraction of sp³-hybridized carbons (Fsp3) is 1.00. The van der Waals surface area contributed by atoms with Crippen molar-refractivity contribution < 1.29 is 0 Å². The maximum Gasteiger partial charge on any atom is 0.0348 e. The number of likely N-dealkylation sites (tertiary alicyclic amines) is 1. The van der Waals surface area contributed by atoms with Gasteiger partial charge in [0.05, 0.1) is 0 Å². The summed E-state index contributed by atoms with van der Waals surface area (Å²) in [5.41, 5.74) is 0. The molecule has 2 saturated heterocycles. The van der Waals surface area contributed by atoms with Crippen molar-refractivity contribution in [3.63, 3.8) is 0 Å². The van der Waals surface area contributed by atoms with Crippen molar-refractivity contribution in [2.24, 2.45) is 0 Å². The zero-order valence-electron chi connectivity index (χ0n) is 11.1. The maximum atomic E-state index is 3.40. The standard InChI is InChI=1S/C13H27N3/c1-4-6-16(13-8-14-9-13)12-5-7-15(10-12)11(2)3/h11-14H,4-10H2,1-3H3. The summed E-state index contributed by atoms with van der Waals surface area (Å²) in [6.07, 6.45) is 2.66. The summed E-state index contributed by atoms with van der Waals surface area (Å²) in [4.78, 5) is 5.39. The van der Waals surface area contributed by atoms with Crippen LogP contribution in [-0.4, -0.2) is 60.6 Å². The molecule has 94 valence electrons. The van der Waals surface area contributed by atoms with Gasteiger partial charge in [0, 0.05) is 44.3 Å². The van der Waals surface area contributed by atoms with E-state index in [1.165, 1.54) is 45.6 Å². The topological polar surface area (TPSA) is 18.5 Å². The Bertz CT molecular complexity index is 213. The van der Waals surface area contributed by atoms with E-state index in [0.29, 0.717) is 6.04 Å². The van der Waals surface area contributed by atoms with Gasteiger partial charge < -0.3 is 5.32 Å². The van der Waals surface area contributed by atoms with Crippen LogP contribution in [0.3, 0.4) is 0 Å². The Hall–Kier alpha value is -0.120. The lowest BCUT2D eigenvalue weighted by Crippen LogP contribution is -2.60. The molecule has 1 N–H and O–H groups in total. The summed E-state index contributed by atoms with van der Waals surface area (Å²) < 4.78 is 0. The normalized spacial score (nSPS) is 27.9. The number of nitrogens with zero attached hydrogens (tertiary/aromatic N) is 2. The van der Waals surface area contributed by atoms with Crippen molar-refractivity contribution >= 4 is 0 Å². The smallest absolute Gasteiger partial charge is 0.0348 e. The molecule has 16 heavy (non-hydrogen) atoms. The predicted molar refractivity (Wildman–Crippen MR) is 68.8 cm³/mol. The minimum atomic E-state index is 0.716. The van der Waals surface area contributed by atoms with Crippen molar-refractivity contribution in [1.29, 1.82) is 0 Å². The minimum absolute atomic E-state index is 0.716. The first-order valence-corrected chi connectivity index (χ1v) is 6.93. The molecule has 0 amide bonds. The second kappa shape index (κ2) is 5.48. The largest absolute Gasteiger partial charge is 0.314 e. The average molecular weight is 225 g/mol. The highest BCUT2D eigenvalue weighted by Gasteiger charge is 2.34. The van der Waals surface area contributed by atoms with E-state index in [2.05, 4.69) is 35.9 Å². The third kappa shape index (κ3) is 2.58. The molecule has 0 aromatic carbocycles. The highest BCUT2D eigenvalue weighted by molar-refractivity contribution is 4.92. The summed E-state index contributed by atoms with van der Waals surface area (Å²) >= 11 is 0. The highest BCUT2D eigenvalue weighted by atomic mass is 15.3. The molecule has 0 spiro atoms. The van der Waals surface area contributed by atoms with Crippen molar-refractivity contribution in [3.8, 4) is 0 Å². The third-order valence-electron chi connectivity index (χ3n) is 4.10. The van der Waals surface area contributed by atoms with Crippen LogP contribution >= 0.6 is 0 Å². The molecule has 0 aliphatic carbocycles. The molecule has 0 saturated carbocycles. The average Bonchev–Trinajstić information content (AvgIpc) is 2.62. The number of nitrogens with one attached hydrogen (secondary N) is 1.